The van der Waals surface area contributed by atoms with Crippen molar-refractivity contribution in [2.75, 3.05) is 25.0 Å². The number of nitrogens with one attached hydrogen (secondary N) is 1. The highest BCUT2D eigenvalue weighted by Gasteiger charge is 2.23. The first-order chi connectivity index (χ1) is 9.00. The van der Waals surface area contributed by atoms with Crippen LogP contribution in [0.15, 0.2) is 18.2 Å². The Morgan fingerprint density at radius 2 is 1.65 bits per heavy atom. The van der Waals surface area contributed by atoms with E-state index >= 15 is 0 Å². The van der Waals surface area contributed by atoms with E-state index in [9.17, 15) is 0 Å². The van der Waals surface area contributed by atoms with Crippen molar-refractivity contribution >= 4 is 5.69 Å². The van der Waals surface area contributed by atoms with E-state index in [2.05, 4.69) is 83.9 Å². The van der Waals surface area contributed by atoms with E-state index in [0.29, 0.717) is 0 Å². The van der Waals surface area contributed by atoms with Gasteiger partial charge in [-0.25, -0.2) is 0 Å². The van der Waals surface area contributed by atoms with Gasteiger partial charge in [0.1, 0.15) is 0 Å². The Morgan fingerprint density at radius 3 is 2.15 bits per heavy atom. The number of anilines is 1. The SMILES string of the molecule is Cc1ccc(N(C)CC(C)(C)CNC(C)(C)C)c(C)c1. The molecule has 1 N–H and O–H groups in total. The van der Waals surface area contributed by atoms with Crippen molar-refractivity contribution in [2.24, 2.45) is 5.41 Å². The van der Waals surface area contributed by atoms with Crippen LogP contribution < -0.4 is 10.2 Å². The Labute approximate surface area is 125 Å². The minimum absolute atomic E-state index is 0.176. The fourth-order valence-corrected chi connectivity index (χ4v) is 2.52. The van der Waals surface area contributed by atoms with Crippen LogP contribution in [-0.2, 0) is 0 Å². The van der Waals surface area contributed by atoms with E-state index in [1.165, 1.54) is 16.8 Å². The Balaban J connectivity index is 2.71. The van der Waals surface area contributed by atoms with Gasteiger partial charge in [0, 0.05) is 31.4 Å². The zero-order chi connectivity index (χ0) is 15.6. The average Bonchev–Trinajstić information content (AvgIpc) is 2.24. The van der Waals surface area contributed by atoms with Gasteiger partial charge in [0.15, 0.2) is 0 Å². The smallest absolute Gasteiger partial charge is 0.0393 e. The molecule has 0 spiro atoms. The van der Waals surface area contributed by atoms with Crippen LogP contribution in [-0.4, -0.2) is 25.7 Å². The van der Waals surface area contributed by atoms with Crippen molar-refractivity contribution < 1.29 is 0 Å². The summed E-state index contributed by atoms with van der Waals surface area (Å²) in [5, 5.41) is 3.62. The normalized spacial score (nSPS) is 12.6. The maximum atomic E-state index is 3.62. The van der Waals surface area contributed by atoms with Gasteiger partial charge in [-0.1, -0.05) is 31.5 Å². The van der Waals surface area contributed by atoms with Crippen molar-refractivity contribution in [2.45, 2.75) is 54.0 Å². The van der Waals surface area contributed by atoms with Crippen molar-refractivity contribution in [3.05, 3.63) is 29.3 Å². The van der Waals surface area contributed by atoms with Gasteiger partial charge in [0.2, 0.25) is 0 Å². The number of nitrogens with zero attached hydrogens (tertiary/aromatic N) is 1. The molecule has 0 aliphatic heterocycles. The molecule has 0 heterocycles. The molecule has 0 saturated carbocycles. The zero-order valence-corrected chi connectivity index (χ0v) is 14.6. The molecule has 0 saturated heterocycles. The van der Waals surface area contributed by atoms with Gasteiger partial charge < -0.3 is 10.2 Å². The molecule has 114 valence electrons. The zero-order valence-electron chi connectivity index (χ0n) is 14.6. The first kappa shape index (κ1) is 17.0. The molecule has 0 unspecified atom stereocenters. The quantitative estimate of drug-likeness (QED) is 0.869. The standard InChI is InChI=1S/C18H32N2/c1-14-9-10-16(15(2)11-14)20(8)13-18(6,7)12-19-17(3,4)5/h9-11,19H,12-13H2,1-8H3. The van der Waals surface area contributed by atoms with Gasteiger partial charge in [-0.3, -0.25) is 0 Å². The Kier molecular flexibility index (Phi) is 5.26. The van der Waals surface area contributed by atoms with E-state index in [1.807, 2.05) is 0 Å². The second-order valence-electron chi connectivity index (χ2n) is 7.91. The molecule has 0 aliphatic carbocycles. The molecule has 2 nitrogen and oxygen atoms in total. The van der Waals surface area contributed by atoms with Gasteiger partial charge in [0.05, 0.1) is 0 Å². The van der Waals surface area contributed by atoms with Crippen LogP contribution in [0, 0.1) is 19.3 Å². The van der Waals surface area contributed by atoms with Crippen LogP contribution in [0.1, 0.15) is 45.7 Å². The highest BCUT2D eigenvalue weighted by Crippen LogP contribution is 2.24. The van der Waals surface area contributed by atoms with Crippen molar-refractivity contribution in [3.63, 3.8) is 0 Å². The second kappa shape index (κ2) is 6.17. The van der Waals surface area contributed by atoms with Crippen LogP contribution >= 0.6 is 0 Å². The molecule has 1 aromatic rings. The molecule has 0 radical (unpaired) electrons. The number of benzene rings is 1. The second-order valence-corrected chi connectivity index (χ2v) is 7.91. The number of rotatable bonds is 5. The summed E-state index contributed by atoms with van der Waals surface area (Å²) in [6.45, 7) is 17.7. The van der Waals surface area contributed by atoms with E-state index in [-0.39, 0.29) is 11.0 Å². The summed E-state index contributed by atoms with van der Waals surface area (Å²) in [6, 6.07) is 6.68. The molecule has 0 aromatic heterocycles. The monoisotopic (exact) mass is 276 g/mol. The summed E-state index contributed by atoms with van der Waals surface area (Å²) in [6.07, 6.45) is 0. The maximum Gasteiger partial charge on any atom is 0.0393 e. The summed E-state index contributed by atoms with van der Waals surface area (Å²) < 4.78 is 0. The lowest BCUT2D eigenvalue weighted by Gasteiger charge is -2.35. The Bertz CT molecular complexity index is 441. The first-order valence-electron chi connectivity index (χ1n) is 7.54. The van der Waals surface area contributed by atoms with Gasteiger partial charge >= 0.3 is 0 Å². The lowest BCUT2D eigenvalue weighted by molar-refractivity contribution is 0.295. The highest BCUT2D eigenvalue weighted by molar-refractivity contribution is 5.53. The van der Waals surface area contributed by atoms with E-state index in [1.54, 1.807) is 0 Å². The molecule has 1 rings (SSSR count). The fraction of sp³-hybridized carbons (Fsp3) is 0.667. The summed E-state index contributed by atoms with van der Waals surface area (Å²) in [5.74, 6) is 0. The molecule has 0 amide bonds. The molecule has 0 fully saturated rings. The van der Waals surface area contributed by atoms with Crippen LogP contribution in [0.25, 0.3) is 0 Å². The van der Waals surface area contributed by atoms with Crippen molar-refractivity contribution in [1.29, 1.82) is 0 Å². The van der Waals surface area contributed by atoms with Crippen LogP contribution in [0.2, 0.25) is 0 Å². The summed E-state index contributed by atoms with van der Waals surface area (Å²) in [5.41, 5.74) is 4.43. The van der Waals surface area contributed by atoms with Gasteiger partial charge in [-0.15, -0.1) is 0 Å². The molecule has 0 bridgehead atoms. The van der Waals surface area contributed by atoms with Crippen LogP contribution in [0.5, 0.6) is 0 Å². The van der Waals surface area contributed by atoms with Gasteiger partial charge in [-0.05, 0) is 51.7 Å². The molecular weight excluding hydrogens is 244 g/mol. The van der Waals surface area contributed by atoms with Crippen molar-refractivity contribution in [3.8, 4) is 0 Å². The van der Waals surface area contributed by atoms with Crippen LogP contribution in [0.3, 0.4) is 0 Å². The first-order valence-corrected chi connectivity index (χ1v) is 7.54. The summed E-state index contributed by atoms with van der Waals surface area (Å²) in [4.78, 5) is 2.37. The predicted molar refractivity (Wildman–Crippen MR) is 90.7 cm³/mol. The number of aryl methyl sites for hydroxylation is 2. The molecule has 2 heteroatoms. The average molecular weight is 276 g/mol. The lowest BCUT2D eigenvalue weighted by Crippen LogP contribution is -2.45. The van der Waals surface area contributed by atoms with Gasteiger partial charge in [0.25, 0.3) is 0 Å². The molecular formula is C18H32N2. The summed E-state index contributed by atoms with van der Waals surface area (Å²) in [7, 11) is 2.19. The van der Waals surface area contributed by atoms with Crippen LogP contribution in [0.4, 0.5) is 5.69 Å². The third-order valence-corrected chi connectivity index (χ3v) is 3.53. The molecule has 0 atom stereocenters. The highest BCUT2D eigenvalue weighted by atomic mass is 15.1. The third kappa shape index (κ3) is 5.54. The van der Waals surface area contributed by atoms with Gasteiger partial charge in [-0.2, -0.15) is 0 Å². The topological polar surface area (TPSA) is 15.3 Å². The lowest BCUT2D eigenvalue weighted by atomic mass is 9.91. The number of hydrogen-bond donors (Lipinski definition) is 1. The largest absolute Gasteiger partial charge is 0.374 e. The maximum absolute atomic E-state index is 3.62. The fourth-order valence-electron chi connectivity index (χ4n) is 2.52. The Morgan fingerprint density at radius 1 is 1.05 bits per heavy atom. The Hall–Kier alpha value is -1.02. The molecule has 1 aromatic carbocycles. The van der Waals surface area contributed by atoms with E-state index in [0.717, 1.165) is 13.1 Å². The van der Waals surface area contributed by atoms with Crippen molar-refractivity contribution in [1.82, 2.24) is 5.32 Å². The van der Waals surface area contributed by atoms with E-state index in [4.69, 9.17) is 0 Å². The summed E-state index contributed by atoms with van der Waals surface area (Å²) >= 11 is 0. The predicted octanol–water partition coefficient (Wildman–Crippen LogP) is 4.15. The number of hydrogen-bond acceptors (Lipinski definition) is 2. The van der Waals surface area contributed by atoms with E-state index < -0.39 is 0 Å². The molecule has 20 heavy (non-hydrogen) atoms. The molecule has 0 aliphatic rings. The minimum Gasteiger partial charge on any atom is -0.374 e. The minimum atomic E-state index is 0.176. The third-order valence-electron chi connectivity index (χ3n) is 3.53.